The first-order chi connectivity index (χ1) is 8.00. The molecular formula is C12H18N4O. The van der Waals surface area contributed by atoms with Gasteiger partial charge in [-0.15, -0.1) is 0 Å². The quantitative estimate of drug-likeness (QED) is 0.775. The Balaban J connectivity index is 2.12. The Bertz CT molecular complexity index is 413. The maximum atomic E-state index is 11.8. The maximum Gasteiger partial charge on any atom is 0.240 e. The molecule has 0 aliphatic carbocycles. The highest BCUT2D eigenvalue weighted by atomic mass is 16.2. The highest BCUT2D eigenvalue weighted by Crippen LogP contribution is 2.20. The number of aromatic nitrogens is 1. The molecule has 17 heavy (non-hydrogen) atoms. The van der Waals surface area contributed by atoms with Gasteiger partial charge in [-0.25, -0.2) is 4.98 Å². The van der Waals surface area contributed by atoms with Gasteiger partial charge < -0.3 is 11.1 Å². The third-order valence-electron chi connectivity index (χ3n) is 3.23. The van der Waals surface area contributed by atoms with Crippen LogP contribution in [0.25, 0.3) is 0 Å². The number of nitrogens with two attached hydrogens (primary N) is 1. The Morgan fingerprint density at radius 2 is 2.29 bits per heavy atom. The van der Waals surface area contributed by atoms with E-state index in [2.05, 4.69) is 15.2 Å². The number of hydrogen-bond acceptors (Lipinski definition) is 4. The van der Waals surface area contributed by atoms with Gasteiger partial charge in [0.15, 0.2) is 0 Å². The van der Waals surface area contributed by atoms with Crippen molar-refractivity contribution in [2.24, 2.45) is 0 Å². The molecular weight excluding hydrogens is 216 g/mol. The van der Waals surface area contributed by atoms with Crippen LogP contribution in [-0.2, 0) is 11.3 Å². The van der Waals surface area contributed by atoms with E-state index in [0.29, 0.717) is 18.9 Å². The average Bonchev–Trinajstić information content (AvgIpc) is 2.28. The van der Waals surface area contributed by atoms with Crippen molar-refractivity contribution in [2.45, 2.75) is 25.9 Å². The summed E-state index contributed by atoms with van der Waals surface area (Å²) in [6.45, 7) is 6.14. The molecule has 1 amide bonds. The first kappa shape index (κ1) is 11.9. The van der Waals surface area contributed by atoms with Crippen molar-refractivity contribution in [1.82, 2.24) is 15.2 Å². The molecule has 1 saturated heterocycles. The molecule has 2 heterocycles. The third-order valence-corrected chi connectivity index (χ3v) is 3.23. The van der Waals surface area contributed by atoms with Gasteiger partial charge in [-0.3, -0.25) is 9.69 Å². The van der Waals surface area contributed by atoms with Crippen molar-refractivity contribution in [3.05, 3.63) is 23.9 Å². The lowest BCUT2D eigenvalue weighted by Gasteiger charge is -2.41. The number of anilines is 1. The second-order valence-corrected chi connectivity index (χ2v) is 4.83. The Morgan fingerprint density at radius 3 is 2.94 bits per heavy atom. The number of carbonyl (C=O) groups excluding carboxylic acids is 1. The molecule has 1 aliphatic rings. The lowest BCUT2D eigenvalue weighted by molar-refractivity contribution is -0.135. The van der Waals surface area contributed by atoms with Gasteiger partial charge in [-0.2, -0.15) is 0 Å². The van der Waals surface area contributed by atoms with Crippen molar-refractivity contribution in [3.63, 3.8) is 0 Å². The van der Waals surface area contributed by atoms with Crippen LogP contribution in [0.15, 0.2) is 18.3 Å². The molecule has 3 N–H and O–H groups in total. The molecule has 92 valence electrons. The smallest absolute Gasteiger partial charge is 0.240 e. The summed E-state index contributed by atoms with van der Waals surface area (Å²) in [4.78, 5) is 18.0. The lowest BCUT2D eigenvalue weighted by atomic mass is 9.98. The van der Waals surface area contributed by atoms with Crippen molar-refractivity contribution >= 4 is 11.7 Å². The maximum absolute atomic E-state index is 11.8. The number of carbonyl (C=O) groups is 1. The van der Waals surface area contributed by atoms with E-state index in [4.69, 9.17) is 5.73 Å². The van der Waals surface area contributed by atoms with Gasteiger partial charge in [-0.1, -0.05) is 6.07 Å². The molecule has 0 aromatic carbocycles. The first-order valence-electron chi connectivity index (χ1n) is 5.74. The molecule has 1 aliphatic heterocycles. The predicted molar refractivity (Wildman–Crippen MR) is 66.1 cm³/mol. The fraction of sp³-hybridized carbons (Fsp3) is 0.500. The molecule has 0 spiro atoms. The molecule has 5 nitrogen and oxygen atoms in total. The average molecular weight is 234 g/mol. The van der Waals surface area contributed by atoms with Crippen LogP contribution >= 0.6 is 0 Å². The van der Waals surface area contributed by atoms with Crippen LogP contribution in [0, 0.1) is 0 Å². The van der Waals surface area contributed by atoms with Crippen LogP contribution in [0.5, 0.6) is 0 Å². The number of rotatable bonds is 2. The number of hydrogen-bond donors (Lipinski definition) is 2. The van der Waals surface area contributed by atoms with Crippen LogP contribution < -0.4 is 11.1 Å². The Hall–Kier alpha value is -1.62. The summed E-state index contributed by atoms with van der Waals surface area (Å²) < 4.78 is 0. The number of piperazine rings is 1. The number of pyridine rings is 1. The van der Waals surface area contributed by atoms with Crippen molar-refractivity contribution in [1.29, 1.82) is 0 Å². The first-order valence-corrected chi connectivity index (χ1v) is 5.74. The topological polar surface area (TPSA) is 71.2 Å². The predicted octanol–water partition coefficient (Wildman–Crippen LogP) is 0.374. The SMILES string of the molecule is CC1(C)C(=O)NCCN1Cc1ccc(N)nc1. The molecule has 2 rings (SSSR count). The summed E-state index contributed by atoms with van der Waals surface area (Å²) in [6, 6.07) is 3.73. The fourth-order valence-electron chi connectivity index (χ4n) is 1.97. The highest BCUT2D eigenvalue weighted by Gasteiger charge is 2.37. The van der Waals surface area contributed by atoms with Crippen molar-refractivity contribution < 1.29 is 4.79 Å². The van der Waals surface area contributed by atoms with Crippen LogP contribution in [0.1, 0.15) is 19.4 Å². The molecule has 0 unspecified atom stereocenters. The highest BCUT2D eigenvalue weighted by molar-refractivity contribution is 5.86. The second kappa shape index (κ2) is 4.33. The van der Waals surface area contributed by atoms with Gasteiger partial charge in [-0.05, 0) is 25.5 Å². The van der Waals surface area contributed by atoms with E-state index in [0.717, 1.165) is 12.1 Å². The molecule has 1 aromatic heterocycles. The minimum Gasteiger partial charge on any atom is -0.384 e. The summed E-state index contributed by atoms with van der Waals surface area (Å²) in [7, 11) is 0. The van der Waals surface area contributed by atoms with Gasteiger partial charge in [0.2, 0.25) is 5.91 Å². The van der Waals surface area contributed by atoms with Crippen LogP contribution in [0.3, 0.4) is 0 Å². The Morgan fingerprint density at radius 1 is 1.53 bits per heavy atom. The number of nitrogens with zero attached hydrogens (tertiary/aromatic N) is 2. The Labute approximate surface area is 101 Å². The van der Waals surface area contributed by atoms with Gasteiger partial charge >= 0.3 is 0 Å². The minimum atomic E-state index is -0.473. The second-order valence-electron chi connectivity index (χ2n) is 4.83. The lowest BCUT2D eigenvalue weighted by Crippen LogP contribution is -2.61. The van der Waals surface area contributed by atoms with Crippen LogP contribution in [-0.4, -0.2) is 34.4 Å². The summed E-state index contributed by atoms with van der Waals surface area (Å²) in [6.07, 6.45) is 1.76. The van der Waals surface area contributed by atoms with Crippen LogP contribution in [0.4, 0.5) is 5.82 Å². The molecule has 0 atom stereocenters. The van der Waals surface area contributed by atoms with E-state index >= 15 is 0 Å². The van der Waals surface area contributed by atoms with Gasteiger partial charge in [0, 0.05) is 25.8 Å². The standard InChI is InChI=1S/C12H18N4O/c1-12(2)11(17)14-5-6-16(12)8-9-3-4-10(13)15-7-9/h3-4,7H,5-6,8H2,1-2H3,(H2,13,15)(H,14,17). The van der Waals surface area contributed by atoms with Gasteiger partial charge in [0.05, 0.1) is 5.54 Å². The summed E-state index contributed by atoms with van der Waals surface area (Å²) in [5.74, 6) is 0.594. The van der Waals surface area contributed by atoms with E-state index in [9.17, 15) is 4.79 Å². The zero-order valence-electron chi connectivity index (χ0n) is 10.2. The fourth-order valence-corrected chi connectivity index (χ4v) is 1.97. The summed E-state index contributed by atoms with van der Waals surface area (Å²) in [5, 5.41) is 2.88. The molecule has 0 bridgehead atoms. The number of amides is 1. The van der Waals surface area contributed by atoms with E-state index in [1.807, 2.05) is 19.9 Å². The van der Waals surface area contributed by atoms with Gasteiger partial charge in [0.25, 0.3) is 0 Å². The van der Waals surface area contributed by atoms with E-state index in [1.165, 1.54) is 0 Å². The molecule has 5 heteroatoms. The van der Waals surface area contributed by atoms with Gasteiger partial charge in [0.1, 0.15) is 5.82 Å². The van der Waals surface area contributed by atoms with E-state index in [-0.39, 0.29) is 5.91 Å². The monoisotopic (exact) mass is 234 g/mol. The zero-order valence-corrected chi connectivity index (χ0v) is 10.2. The van der Waals surface area contributed by atoms with Crippen LogP contribution in [0.2, 0.25) is 0 Å². The normalized spacial score (nSPS) is 20.0. The van der Waals surface area contributed by atoms with E-state index in [1.54, 1.807) is 12.3 Å². The zero-order chi connectivity index (χ0) is 12.5. The van der Waals surface area contributed by atoms with Crippen molar-refractivity contribution in [3.8, 4) is 0 Å². The van der Waals surface area contributed by atoms with Crippen molar-refractivity contribution in [2.75, 3.05) is 18.8 Å². The summed E-state index contributed by atoms with van der Waals surface area (Å²) in [5.41, 5.74) is 6.15. The minimum absolute atomic E-state index is 0.0761. The Kier molecular flexibility index (Phi) is 3.02. The molecule has 1 fully saturated rings. The molecule has 0 radical (unpaired) electrons. The largest absolute Gasteiger partial charge is 0.384 e. The number of nitrogen functional groups attached to an aromatic ring is 1. The summed E-state index contributed by atoms with van der Waals surface area (Å²) >= 11 is 0. The third kappa shape index (κ3) is 2.39. The molecule has 0 saturated carbocycles. The van der Waals surface area contributed by atoms with E-state index < -0.39 is 5.54 Å². The molecule has 1 aromatic rings. The number of nitrogens with one attached hydrogen (secondary N) is 1.